The van der Waals surface area contributed by atoms with Crippen LogP contribution in [0.2, 0.25) is 0 Å². The lowest BCUT2D eigenvalue weighted by Crippen LogP contribution is -2.53. The number of nitrogens with zero attached hydrogens (tertiary/aromatic N) is 1. The third-order valence-electron chi connectivity index (χ3n) is 4.19. The normalized spacial score (nSPS) is 27.5. The van der Waals surface area contributed by atoms with Gasteiger partial charge in [0, 0.05) is 31.7 Å². The lowest BCUT2D eigenvalue weighted by Gasteiger charge is -2.38. The molecule has 1 amide bonds. The predicted octanol–water partition coefficient (Wildman–Crippen LogP) is 2.12. The molecule has 2 atom stereocenters. The minimum Gasteiger partial charge on any atom is -0.444 e. The van der Waals surface area contributed by atoms with Crippen molar-refractivity contribution in [1.82, 2.24) is 15.5 Å². The van der Waals surface area contributed by atoms with Gasteiger partial charge >= 0.3 is 6.09 Å². The van der Waals surface area contributed by atoms with Gasteiger partial charge in [-0.1, -0.05) is 0 Å². The van der Waals surface area contributed by atoms with Crippen LogP contribution < -0.4 is 10.6 Å². The van der Waals surface area contributed by atoms with Gasteiger partial charge in [0.05, 0.1) is 0 Å². The molecular formula is C16H31N3O2. The summed E-state index contributed by atoms with van der Waals surface area (Å²) in [6.45, 7) is 9.65. The van der Waals surface area contributed by atoms with Gasteiger partial charge in [-0.2, -0.15) is 0 Å². The minimum atomic E-state index is -0.417. The maximum atomic E-state index is 12.3. The molecule has 0 radical (unpaired) electrons. The standard InChI is InChI=1S/C16H31N3O2/c1-16(2,3)21-15(20)19-10-5-4-8-14(19)12-18-13-7-6-9-17-11-13/h13-14,17-18H,4-12H2,1-3H3. The molecule has 2 aliphatic heterocycles. The van der Waals surface area contributed by atoms with E-state index in [1.165, 1.54) is 19.3 Å². The second-order valence-corrected chi connectivity index (χ2v) is 7.27. The topological polar surface area (TPSA) is 53.6 Å². The van der Waals surface area contributed by atoms with Crippen LogP contribution in [-0.4, -0.2) is 54.9 Å². The Balaban J connectivity index is 1.84. The summed E-state index contributed by atoms with van der Waals surface area (Å²) < 4.78 is 5.55. The summed E-state index contributed by atoms with van der Waals surface area (Å²) in [5.74, 6) is 0. The van der Waals surface area contributed by atoms with Crippen molar-refractivity contribution in [3.63, 3.8) is 0 Å². The molecule has 21 heavy (non-hydrogen) atoms. The molecule has 2 N–H and O–H groups in total. The molecule has 0 bridgehead atoms. The van der Waals surface area contributed by atoms with Crippen LogP contribution in [0.1, 0.15) is 52.9 Å². The zero-order chi connectivity index (χ0) is 15.3. The summed E-state index contributed by atoms with van der Waals surface area (Å²) in [7, 11) is 0. The van der Waals surface area contributed by atoms with Gasteiger partial charge in [-0.25, -0.2) is 4.79 Å². The Kier molecular flexibility index (Phi) is 5.88. The second-order valence-electron chi connectivity index (χ2n) is 7.27. The second kappa shape index (κ2) is 7.45. The first kappa shape index (κ1) is 16.6. The van der Waals surface area contributed by atoms with Crippen molar-refractivity contribution in [3.8, 4) is 0 Å². The van der Waals surface area contributed by atoms with Crippen LogP contribution in [0.3, 0.4) is 0 Å². The van der Waals surface area contributed by atoms with Crippen LogP contribution >= 0.6 is 0 Å². The zero-order valence-electron chi connectivity index (χ0n) is 13.8. The number of amides is 1. The van der Waals surface area contributed by atoms with Crippen molar-refractivity contribution in [3.05, 3.63) is 0 Å². The number of likely N-dealkylation sites (tertiary alicyclic amines) is 1. The predicted molar refractivity (Wildman–Crippen MR) is 84.5 cm³/mol. The SMILES string of the molecule is CC(C)(C)OC(=O)N1CCCCC1CNC1CCCNC1. The monoisotopic (exact) mass is 297 g/mol. The molecule has 0 aliphatic carbocycles. The molecule has 2 rings (SSSR count). The molecule has 0 saturated carbocycles. The molecule has 5 nitrogen and oxygen atoms in total. The molecule has 2 saturated heterocycles. The summed E-state index contributed by atoms with van der Waals surface area (Å²) >= 11 is 0. The third-order valence-corrected chi connectivity index (χ3v) is 4.19. The average molecular weight is 297 g/mol. The van der Waals surface area contributed by atoms with Crippen molar-refractivity contribution in [2.24, 2.45) is 0 Å². The fraction of sp³-hybridized carbons (Fsp3) is 0.938. The lowest BCUT2D eigenvalue weighted by atomic mass is 10.0. The summed E-state index contributed by atoms with van der Waals surface area (Å²) in [5.41, 5.74) is -0.417. The lowest BCUT2D eigenvalue weighted by molar-refractivity contribution is 0.00958. The van der Waals surface area contributed by atoms with Gasteiger partial charge in [0.2, 0.25) is 0 Å². The van der Waals surface area contributed by atoms with E-state index in [0.29, 0.717) is 6.04 Å². The van der Waals surface area contributed by atoms with Crippen LogP contribution in [-0.2, 0) is 4.74 Å². The largest absolute Gasteiger partial charge is 0.444 e. The quantitative estimate of drug-likeness (QED) is 0.838. The van der Waals surface area contributed by atoms with Crippen molar-refractivity contribution in [2.45, 2.75) is 70.6 Å². The van der Waals surface area contributed by atoms with Crippen LogP contribution in [0.25, 0.3) is 0 Å². The van der Waals surface area contributed by atoms with Crippen LogP contribution in [0.5, 0.6) is 0 Å². The van der Waals surface area contributed by atoms with Gasteiger partial charge in [-0.3, -0.25) is 0 Å². The number of carbonyl (C=O) groups is 1. The van der Waals surface area contributed by atoms with Gasteiger partial charge in [-0.15, -0.1) is 0 Å². The molecule has 0 aromatic carbocycles. The first-order chi connectivity index (χ1) is 9.96. The van der Waals surface area contributed by atoms with Gasteiger partial charge < -0.3 is 20.3 Å². The summed E-state index contributed by atoms with van der Waals surface area (Å²) in [6.07, 6.45) is 5.67. The Morgan fingerprint density at radius 3 is 2.76 bits per heavy atom. The first-order valence-corrected chi connectivity index (χ1v) is 8.39. The Labute approximate surface area is 128 Å². The minimum absolute atomic E-state index is 0.157. The maximum Gasteiger partial charge on any atom is 0.410 e. The van der Waals surface area contributed by atoms with E-state index in [-0.39, 0.29) is 12.1 Å². The smallest absolute Gasteiger partial charge is 0.410 e. The van der Waals surface area contributed by atoms with Gasteiger partial charge in [0.25, 0.3) is 0 Å². The Bertz CT molecular complexity index is 335. The molecule has 0 aromatic heterocycles. The molecule has 2 heterocycles. The van der Waals surface area contributed by atoms with E-state index in [1.54, 1.807) is 0 Å². The van der Waals surface area contributed by atoms with Crippen molar-refractivity contribution in [1.29, 1.82) is 0 Å². The van der Waals surface area contributed by atoms with Gasteiger partial charge in [-0.05, 0) is 59.4 Å². The summed E-state index contributed by atoms with van der Waals surface area (Å²) in [5, 5.41) is 7.05. The van der Waals surface area contributed by atoms with E-state index in [9.17, 15) is 4.79 Å². The number of hydrogen-bond donors (Lipinski definition) is 2. The highest BCUT2D eigenvalue weighted by molar-refractivity contribution is 5.68. The van der Waals surface area contributed by atoms with Crippen molar-refractivity contribution >= 4 is 6.09 Å². The molecule has 2 unspecified atom stereocenters. The van der Waals surface area contributed by atoms with E-state index in [2.05, 4.69) is 10.6 Å². The highest BCUT2D eigenvalue weighted by atomic mass is 16.6. The Hall–Kier alpha value is -0.810. The van der Waals surface area contributed by atoms with Crippen LogP contribution in [0.15, 0.2) is 0 Å². The first-order valence-electron chi connectivity index (χ1n) is 8.39. The Morgan fingerprint density at radius 1 is 1.29 bits per heavy atom. The van der Waals surface area contributed by atoms with Crippen molar-refractivity contribution in [2.75, 3.05) is 26.2 Å². The average Bonchev–Trinajstić information content (AvgIpc) is 2.45. The van der Waals surface area contributed by atoms with Gasteiger partial charge in [0.1, 0.15) is 5.60 Å². The maximum absolute atomic E-state index is 12.3. The highest BCUT2D eigenvalue weighted by Crippen LogP contribution is 2.20. The fourth-order valence-electron chi connectivity index (χ4n) is 3.10. The third kappa shape index (κ3) is 5.47. The Morgan fingerprint density at radius 2 is 2.10 bits per heavy atom. The van der Waals surface area contributed by atoms with E-state index in [4.69, 9.17) is 4.74 Å². The van der Waals surface area contributed by atoms with E-state index in [0.717, 1.165) is 39.0 Å². The van der Waals surface area contributed by atoms with E-state index in [1.807, 2.05) is 25.7 Å². The number of ether oxygens (including phenoxy) is 1. The van der Waals surface area contributed by atoms with Crippen LogP contribution in [0, 0.1) is 0 Å². The number of nitrogens with one attached hydrogen (secondary N) is 2. The molecule has 0 aromatic rings. The van der Waals surface area contributed by atoms with Gasteiger partial charge in [0.15, 0.2) is 0 Å². The molecule has 2 aliphatic rings. The van der Waals surface area contributed by atoms with Crippen LogP contribution in [0.4, 0.5) is 4.79 Å². The highest BCUT2D eigenvalue weighted by Gasteiger charge is 2.30. The summed E-state index contributed by atoms with van der Waals surface area (Å²) in [6, 6.07) is 0.816. The number of piperidine rings is 2. The number of carbonyl (C=O) groups excluding carboxylic acids is 1. The van der Waals surface area contributed by atoms with E-state index >= 15 is 0 Å². The number of rotatable bonds is 3. The van der Waals surface area contributed by atoms with Crippen molar-refractivity contribution < 1.29 is 9.53 Å². The molecular weight excluding hydrogens is 266 g/mol. The van der Waals surface area contributed by atoms with E-state index < -0.39 is 5.60 Å². The molecule has 122 valence electrons. The molecule has 2 fully saturated rings. The fourth-order valence-corrected chi connectivity index (χ4v) is 3.10. The number of hydrogen-bond acceptors (Lipinski definition) is 4. The molecule has 5 heteroatoms. The molecule has 0 spiro atoms. The zero-order valence-corrected chi connectivity index (χ0v) is 13.8. The summed E-state index contributed by atoms with van der Waals surface area (Å²) in [4.78, 5) is 14.3.